The average Bonchev–Trinajstić information content (AvgIpc) is 3.31. The van der Waals surface area contributed by atoms with Gasteiger partial charge in [-0.2, -0.15) is 13.2 Å². The molecule has 9 nitrogen and oxygen atoms in total. The molecule has 1 aromatic carbocycles. The van der Waals surface area contributed by atoms with Crippen molar-refractivity contribution in [3.8, 4) is 17.1 Å². The molecular weight excluding hydrogens is 539 g/mol. The van der Waals surface area contributed by atoms with Crippen LogP contribution in [0.5, 0.6) is 0 Å². The van der Waals surface area contributed by atoms with Gasteiger partial charge >= 0.3 is 12.1 Å². The molecule has 2 aromatic heterocycles. The summed E-state index contributed by atoms with van der Waals surface area (Å²) in [6.07, 6.45) is 0.248. The number of piperidine rings is 1. The van der Waals surface area contributed by atoms with Gasteiger partial charge in [-0.05, 0) is 37.4 Å². The molecule has 0 radical (unpaired) electrons. The summed E-state index contributed by atoms with van der Waals surface area (Å²) in [4.78, 5) is 38.6. The molecule has 3 aromatic rings. The molecule has 3 heterocycles. The van der Waals surface area contributed by atoms with Crippen LogP contribution in [0.1, 0.15) is 41.7 Å². The van der Waals surface area contributed by atoms with E-state index in [1.54, 1.807) is 4.90 Å². The number of aromatic nitrogens is 4. The highest BCUT2D eigenvalue weighted by Crippen LogP contribution is 2.47. The lowest BCUT2D eigenvalue weighted by Gasteiger charge is -2.33. The van der Waals surface area contributed by atoms with Crippen molar-refractivity contribution < 1.29 is 36.6 Å². The number of carbonyl (C=O) groups excluding carboxylic acids is 1. The van der Waals surface area contributed by atoms with E-state index in [-0.39, 0.29) is 42.2 Å². The second-order valence-electron chi connectivity index (χ2n) is 10.2. The number of carboxylic acids is 1. The van der Waals surface area contributed by atoms with Crippen molar-refractivity contribution in [3.63, 3.8) is 0 Å². The second kappa shape index (κ2) is 10.2. The summed E-state index contributed by atoms with van der Waals surface area (Å²) >= 11 is 0. The van der Waals surface area contributed by atoms with Gasteiger partial charge in [-0.25, -0.2) is 23.7 Å². The summed E-state index contributed by atoms with van der Waals surface area (Å²) in [5.74, 6) is -5.23. The normalized spacial score (nSPS) is 22.6. The van der Waals surface area contributed by atoms with E-state index in [4.69, 9.17) is 0 Å². The second-order valence-corrected chi connectivity index (χ2v) is 10.2. The number of nitrogens with one attached hydrogen (secondary N) is 1. The summed E-state index contributed by atoms with van der Waals surface area (Å²) in [6.45, 7) is 0.185. The third-order valence-corrected chi connectivity index (χ3v) is 7.24. The summed E-state index contributed by atoms with van der Waals surface area (Å²) in [7, 11) is 0. The molecule has 1 amide bonds. The highest BCUT2D eigenvalue weighted by molar-refractivity contribution is 5.94. The van der Waals surface area contributed by atoms with Crippen LogP contribution >= 0.6 is 0 Å². The van der Waals surface area contributed by atoms with Gasteiger partial charge in [0.05, 0.1) is 35.3 Å². The van der Waals surface area contributed by atoms with E-state index in [2.05, 4.69) is 20.3 Å². The van der Waals surface area contributed by atoms with Crippen molar-refractivity contribution in [1.29, 1.82) is 0 Å². The van der Waals surface area contributed by atoms with Crippen LogP contribution in [0, 0.1) is 5.92 Å². The minimum absolute atomic E-state index is 0.0300. The number of halogens is 5. The molecule has 2 fully saturated rings. The van der Waals surface area contributed by atoms with Gasteiger partial charge in [-0.15, -0.1) is 0 Å². The topological polar surface area (TPSA) is 113 Å². The zero-order valence-corrected chi connectivity index (χ0v) is 21.0. The number of hydrogen-bond donors (Lipinski definition) is 2. The monoisotopic (exact) mass is 564 g/mol. The fourth-order valence-corrected chi connectivity index (χ4v) is 5.32. The Morgan fingerprint density at radius 2 is 1.88 bits per heavy atom. The number of carbonyl (C=O) groups is 2. The third kappa shape index (κ3) is 5.81. The standard InChI is InChI=1S/C26H25F5N6O3/c27-25(28)6-3-7-36(14-25)12-17-8-24(17,9-21(38)39)35-23(40)19-13-37(22(34-19)16-10-32-15-33-11-16)20-5-2-1-4-18(20)26(29,30)31/h1-2,4-5,10-11,13,15,17H,3,6-9,12,14H2,(H,35,40)(H,38,39)/t17-,24-/m0/s1. The maximum Gasteiger partial charge on any atom is 0.418 e. The molecule has 1 aliphatic carbocycles. The molecule has 0 bridgehead atoms. The molecule has 14 heteroatoms. The van der Waals surface area contributed by atoms with E-state index < -0.39 is 54.0 Å². The Balaban J connectivity index is 1.45. The minimum Gasteiger partial charge on any atom is -0.481 e. The highest BCUT2D eigenvalue weighted by Gasteiger charge is 2.57. The zero-order valence-electron chi connectivity index (χ0n) is 21.0. The average molecular weight is 565 g/mol. The Kier molecular flexibility index (Phi) is 7.06. The molecule has 2 atom stereocenters. The number of carboxylic acid groups (broad SMARTS) is 1. The molecule has 1 saturated heterocycles. The van der Waals surface area contributed by atoms with E-state index in [0.717, 1.165) is 16.8 Å². The number of likely N-dealkylation sites (tertiary alicyclic amines) is 1. The number of imidazole rings is 1. The predicted molar refractivity (Wildman–Crippen MR) is 131 cm³/mol. The first-order valence-electron chi connectivity index (χ1n) is 12.5. The summed E-state index contributed by atoms with van der Waals surface area (Å²) in [5, 5.41) is 12.2. The molecule has 1 aliphatic heterocycles. The summed E-state index contributed by atoms with van der Waals surface area (Å²) in [6, 6.07) is 4.79. The maximum atomic E-state index is 13.9. The Labute approximate surface area is 225 Å². The fraction of sp³-hybridized carbons (Fsp3) is 0.423. The van der Waals surface area contributed by atoms with Crippen LogP contribution in [0.2, 0.25) is 0 Å². The molecule has 2 aliphatic rings. The molecule has 0 unspecified atom stereocenters. The Morgan fingerprint density at radius 3 is 2.55 bits per heavy atom. The summed E-state index contributed by atoms with van der Waals surface area (Å²) < 4.78 is 70.4. The largest absolute Gasteiger partial charge is 0.481 e. The lowest BCUT2D eigenvalue weighted by Crippen LogP contribution is -2.46. The minimum atomic E-state index is -4.70. The lowest BCUT2D eigenvalue weighted by molar-refractivity contribution is -0.138. The van der Waals surface area contributed by atoms with E-state index >= 15 is 0 Å². The van der Waals surface area contributed by atoms with E-state index in [0.29, 0.717) is 13.0 Å². The van der Waals surface area contributed by atoms with Crippen molar-refractivity contribution in [3.05, 3.63) is 60.4 Å². The highest BCUT2D eigenvalue weighted by atomic mass is 19.4. The Bertz CT molecular complexity index is 1410. The van der Waals surface area contributed by atoms with Crippen LogP contribution in [0.3, 0.4) is 0 Å². The third-order valence-electron chi connectivity index (χ3n) is 7.24. The molecule has 212 valence electrons. The zero-order chi connectivity index (χ0) is 28.7. The molecule has 1 saturated carbocycles. The molecule has 5 rings (SSSR count). The first kappa shape index (κ1) is 27.6. The molecular formula is C26H25F5N6O3. The van der Waals surface area contributed by atoms with Crippen LogP contribution in [0.25, 0.3) is 17.1 Å². The first-order chi connectivity index (χ1) is 18.9. The predicted octanol–water partition coefficient (Wildman–Crippen LogP) is 4.04. The van der Waals surface area contributed by atoms with Gasteiger partial charge in [0.1, 0.15) is 17.8 Å². The number of aliphatic carboxylic acids is 1. The Morgan fingerprint density at radius 1 is 1.15 bits per heavy atom. The van der Waals surface area contributed by atoms with Crippen LogP contribution in [0.4, 0.5) is 22.0 Å². The van der Waals surface area contributed by atoms with Gasteiger partial charge < -0.3 is 10.4 Å². The molecule has 2 N–H and O–H groups in total. The number of hydrogen-bond acceptors (Lipinski definition) is 6. The number of nitrogens with zero attached hydrogens (tertiary/aromatic N) is 5. The van der Waals surface area contributed by atoms with Gasteiger partial charge in [0.25, 0.3) is 11.8 Å². The van der Waals surface area contributed by atoms with Crippen LogP contribution in [-0.2, 0) is 11.0 Å². The van der Waals surface area contributed by atoms with Crippen molar-refractivity contribution in [2.45, 2.75) is 43.3 Å². The van der Waals surface area contributed by atoms with E-state index in [1.165, 1.54) is 36.9 Å². The number of para-hydroxylation sites is 1. The molecule has 0 spiro atoms. The van der Waals surface area contributed by atoms with Gasteiger partial charge in [0.15, 0.2) is 0 Å². The fourth-order valence-electron chi connectivity index (χ4n) is 5.32. The van der Waals surface area contributed by atoms with Gasteiger partial charge in [0.2, 0.25) is 0 Å². The van der Waals surface area contributed by atoms with E-state index in [9.17, 15) is 36.6 Å². The van der Waals surface area contributed by atoms with Gasteiger partial charge in [-0.1, -0.05) is 12.1 Å². The van der Waals surface area contributed by atoms with Crippen molar-refractivity contribution in [1.82, 2.24) is 29.7 Å². The smallest absolute Gasteiger partial charge is 0.418 e. The number of amides is 1. The molecule has 40 heavy (non-hydrogen) atoms. The van der Waals surface area contributed by atoms with Crippen molar-refractivity contribution in [2.24, 2.45) is 5.92 Å². The lowest BCUT2D eigenvalue weighted by atomic mass is 10.1. The number of alkyl halides is 5. The van der Waals surface area contributed by atoms with E-state index in [1.807, 2.05) is 0 Å². The summed E-state index contributed by atoms with van der Waals surface area (Å²) in [5.41, 5.74) is -2.44. The van der Waals surface area contributed by atoms with Gasteiger partial charge in [-0.3, -0.25) is 19.1 Å². The first-order valence-corrected chi connectivity index (χ1v) is 12.5. The van der Waals surface area contributed by atoms with Crippen LogP contribution in [0.15, 0.2) is 49.2 Å². The number of rotatable bonds is 8. The van der Waals surface area contributed by atoms with Gasteiger partial charge in [0, 0.05) is 31.6 Å². The van der Waals surface area contributed by atoms with Crippen molar-refractivity contribution >= 4 is 11.9 Å². The maximum absolute atomic E-state index is 13.9. The van der Waals surface area contributed by atoms with Crippen LogP contribution in [-0.4, -0.2) is 72.5 Å². The quantitative estimate of drug-likeness (QED) is 0.397. The van der Waals surface area contributed by atoms with Crippen molar-refractivity contribution in [2.75, 3.05) is 19.6 Å². The number of benzene rings is 1. The SMILES string of the molecule is O=C(O)C[C@@]1(NC(=O)c2cn(-c3ccccc3C(F)(F)F)c(-c3cncnc3)n2)C[C@H]1CN1CCCC(F)(F)C1. The van der Waals surface area contributed by atoms with Crippen LogP contribution < -0.4 is 5.32 Å². The Hall–Kier alpha value is -3.94.